The van der Waals surface area contributed by atoms with Gasteiger partial charge >= 0.3 is 0 Å². The number of nitrogens with one attached hydrogen (secondary N) is 3. The number of nitro groups is 1. The molecule has 1 aliphatic rings. The fourth-order valence-electron chi connectivity index (χ4n) is 4.11. The van der Waals surface area contributed by atoms with Crippen LogP contribution < -0.4 is 20.7 Å². The third kappa shape index (κ3) is 7.22. The molecule has 3 N–H and O–H groups in total. The molecule has 3 aromatic carbocycles. The number of benzene rings is 3. The lowest BCUT2D eigenvalue weighted by atomic mass is 10.0. The minimum atomic E-state index is -0.998. The number of carbonyl (C=O) groups is 2. The monoisotopic (exact) mass is 556 g/mol. The van der Waals surface area contributed by atoms with Gasteiger partial charge in [-0.15, -0.1) is 0 Å². The summed E-state index contributed by atoms with van der Waals surface area (Å²) in [4.78, 5) is 37.2. The van der Waals surface area contributed by atoms with Crippen LogP contribution in [0.5, 0.6) is 5.75 Å². The van der Waals surface area contributed by atoms with Crippen molar-refractivity contribution in [1.29, 1.82) is 0 Å². The van der Waals surface area contributed by atoms with Gasteiger partial charge in [0.2, 0.25) is 5.91 Å². The first-order chi connectivity index (χ1) is 18.3. The fourth-order valence-corrected chi connectivity index (χ4v) is 4.50. The van der Waals surface area contributed by atoms with Crippen LogP contribution in [0.2, 0.25) is 10.0 Å². The minimum absolute atomic E-state index is 0.00448. The predicted molar refractivity (Wildman–Crippen MR) is 146 cm³/mol. The molecule has 4 rings (SSSR count). The molecule has 0 spiro atoms. The second kappa shape index (κ2) is 12.7. The summed E-state index contributed by atoms with van der Waals surface area (Å²) in [5.74, 6) is -0.681. The Kier molecular flexibility index (Phi) is 9.17. The zero-order chi connectivity index (χ0) is 27.1. The van der Waals surface area contributed by atoms with Crippen LogP contribution in [-0.4, -0.2) is 42.0 Å². The van der Waals surface area contributed by atoms with Gasteiger partial charge in [-0.25, -0.2) is 0 Å². The van der Waals surface area contributed by atoms with E-state index >= 15 is 0 Å². The van der Waals surface area contributed by atoms with Gasteiger partial charge in [0.05, 0.1) is 21.2 Å². The van der Waals surface area contributed by atoms with E-state index in [1.54, 1.807) is 12.1 Å². The normalized spacial score (nSPS) is 14.4. The molecule has 0 aromatic heterocycles. The van der Waals surface area contributed by atoms with Gasteiger partial charge < -0.3 is 20.7 Å². The third-order valence-corrected chi connectivity index (χ3v) is 6.64. The fraction of sp³-hybridized carbons (Fsp3) is 0.259. The van der Waals surface area contributed by atoms with Gasteiger partial charge in [-0.2, -0.15) is 0 Å². The number of anilines is 1. The summed E-state index contributed by atoms with van der Waals surface area (Å²) in [7, 11) is 0. The van der Waals surface area contributed by atoms with Crippen molar-refractivity contribution in [3.63, 3.8) is 0 Å². The summed E-state index contributed by atoms with van der Waals surface area (Å²) in [6.45, 7) is 1.65. The first-order valence-corrected chi connectivity index (χ1v) is 12.8. The van der Waals surface area contributed by atoms with Crippen LogP contribution in [0.3, 0.4) is 0 Å². The van der Waals surface area contributed by atoms with Gasteiger partial charge in [-0.05, 0) is 55.8 Å². The van der Waals surface area contributed by atoms with Crippen LogP contribution in [-0.2, 0) is 11.2 Å². The van der Waals surface area contributed by atoms with Crippen LogP contribution in [0.4, 0.5) is 11.4 Å². The van der Waals surface area contributed by atoms with Crippen molar-refractivity contribution in [2.75, 3.05) is 18.4 Å². The van der Waals surface area contributed by atoms with Gasteiger partial charge in [0.25, 0.3) is 11.6 Å². The minimum Gasteiger partial charge on any atom is -0.489 e. The molecule has 1 aliphatic heterocycles. The molecule has 0 radical (unpaired) electrons. The van der Waals surface area contributed by atoms with E-state index in [0.717, 1.165) is 37.6 Å². The van der Waals surface area contributed by atoms with Crippen LogP contribution >= 0.6 is 23.2 Å². The summed E-state index contributed by atoms with van der Waals surface area (Å²) in [5.41, 5.74) is 1.02. The number of non-ortho nitro benzene ring substituents is 1. The second-order valence-corrected chi connectivity index (χ2v) is 9.68. The first-order valence-electron chi connectivity index (χ1n) is 12.1. The van der Waals surface area contributed by atoms with E-state index < -0.39 is 22.8 Å². The highest BCUT2D eigenvalue weighted by molar-refractivity contribution is 6.34. The maximum Gasteiger partial charge on any atom is 0.271 e. The Morgan fingerprint density at radius 1 is 1.05 bits per heavy atom. The number of rotatable bonds is 9. The summed E-state index contributed by atoms with van der Waals surface area (Å²) >= 11 is 12.4. The molecule has 0 bridgehead atoms. The van der Waals surface area contributed by atoms with Crippen molar-refractivity contribution in [3.8, 4) is 5.75 Å². The number of hydrogen-bond donors (Lipinski definition) is 3. The maximum absolute atomic E-state index is 13.5. The average Bonchev–Trinajstić information content (AvgIpc) is 2.91. The molecule has 3 aromatic rings. The highest BCUT2D eigenvalue weighted by Crippen LogP contribution is 2.28. The van der Waals surface area contributed by atoms with Crippen LogP contribution in [0.25, 0.3) is 0 Å². The number of nitrogens with zero attached hydrogens (tertiary/aromatic N) is 1. The Bertz CT molecular complexity index is 1320. The summed E-state index contributed by atoms with van der Waals surface area (Å²) in [6, 6.07) is 16.8. The number of hydrogen-bond acceptors (Lipinski definition) is 6. The summed E-state index contributed by atoms with van der Waals surface area (Å²) in [5, 5.41) is 20.1. The Labute approximate surface area is 229 Å². The van der Waals surface area contributed by atoms with Crippen LogP contribution in [0, 0.1) is 10.1 Å². The third-order valence-electron chi connectivity index (χ3n) is 6.09. The van der Waals surface area contributed by atoms with Gasteiger partial charge in [0.15, 0.2) is 0 Å². The molecule has 1 saturated heterocycles. The molecule has 0 saturated carbocycles. The lowest BCUT2D eigenvalue weighted by Gasteiger charge is -2.25. The maximum atomic E-state index is 13.5. The topological polar surface area (TPSA) is 123 Å². The average molecular weight is 557 g/mol. The van der Waals surface area contributed by atoms with Crippen molar-refractivity contribution in [2.45, 2.75) is 31.4 Å². The number of nitro benzene ring substituents is 1. The van der Waals surface area contributed by atoms with E-state index in [-0.39, 0.29) is 34.5 Å². The van der Waals surface area contributed by atoms with Gasteiger partial charge in [-0.1, -0.05) is 53.5 Å². The standard InChI is InChI=1S/C27H26Cl2N4O5/c28-18-6-9-25(38-20-10-12-30-13-11-20)21(15-18)26(34)32-24(14-17-4-2-1-3-5-17)27(35)31-23-8-7-19(33(36)37)16-22(23)29/h1-9,15-16,20,24,30H,10-14H2,(H,31,35)(H,32,34)/t24-/m0/s1. The Hall–Kier alpha value is -3.66. The van der Waals surface area contributed by atoms with E-state index in [9.17, 15) is 19.7 Å². The quantitative estimate of drug-likeness (QED) is 0.251. The Morgan fingerprint density at radius 3 is 2.47 bits per heavy atom. The van der Waals surface area contributed by atoms with Crippen molar-refractivity contribution in [2.24, 2.45) is 0 Å². The smallest absolute Gasteiger partial charge is 0.271 e. The Balaban J connectivity index is 1.57. The van der Waals surface area contributed by atoms with Gasteiger partial charge in [0, 0.05) is 23.6 Å². The van der Waals surface area contributed by atoms with Gasteiger partial charge in [-0.3, -0.25) is 19.7 Å². The van der Waals surface area contributed by atoms with Crippen molar-refractivity contribution in [3.05, 3.63) is 98.0 Å². The number of piperidine rings is 1. The molecule has 9 nitrogen and oxygen atoms in total. The molecule has 0 unspecified atom stereocenters. The molecule has 0 aliphatic carbocycles. The number of carbonyl (C=O) groups excluding carboxylic acids is 2. The van der Waals surface area contributed by atoms with Crippen molar-refractivity contribution < 1.29 is 19.2 Å². The summed E-state index contributed by atoms with van der Waals surface area (Å²) < 4.78 is 6.13. The molecule has 198 valence electrons. The zero-order valence-electron chi connectivity index (χ0n) is 20.3. The van der Waals surface area contributed by atoms with Crippen molar-refractivity contribution >= 4 is 46.4 Å². The molecular weight excluding hydrogens is 531 g/mol. The van der Waals surface area contributed by atoms with E-state index in [1.165, 1.54) is 18.2 Å². The molecule has 1 heterocycles. The lowest BCUT2D eigenvalue weighted by molar-refractivity contribution is -0.384. The van der Waals surface area contributed by atoms with Gasteiger partial charge in [0.1, 0.15) is 17.9 Å². The Morgan fingerprint density at radius 2 is 1.79 bits per heavy atom. The highest BCUT2D eigenvalue weighted by atomic mass is 35.5. The van der Waals surface area contributed by atoms with E-state index in [4.69, 9.17) is 27.9 Å². The molecular formula is C27H26Cl2N4O5. The predicted octanol–water partition coefficient (Wildman–Crippen LogP) is 5.01. The lowest BCUT2D eigenvalue weighted by Crippen LogP contribution is -2.45. The molecule has 11 heteroatoms. The highest BCUT2D eigenvalue weighted by Gasteiger charge is 2.26. The van der Waals surface area contributed by atoms with Crippen molar-refractivity contribution in [1.82, 2.24) is 10.6 Å². The van der Waals surface area contributed by atoms with E-state index in [2.05, 4.69) is 16.0 Å². The molecule has 2 amide bonds. The number of halogens is 2. The largest absolute Gasteiger partial charge is 0.489 e. The first kappa shape index (κ1) is 27.4. The zero-order valence-corrected chi connectivity index (χ0v) is 21.8. The second-order valence-electron chi connectivity index (χ2n) is 8.83. The number of ether oxygens (including phenoxy) is 1. The van der Waals surface area contributed by atoms with Crippen LogP contribution in [0.1, 0.15) is 28.8 Å². The van der Waals surface area contributed by atoms with Crippen LogP contribution in [0.15, 0.2) is 66.7 Å². The summed E-state index contributed by atoms with van der Waals surface area (Å²) in [6.07, 6.45) is 1.75. The number of amides is 2. The molecule has 1 fully saturated rings. The van der Waals surface area contributed by atoms with E-state index in [0.29, 0.717) is 10.8 Å². The molecule has 1 atom stereocenters. The SMILES string of the molecule is O=C(N[C@@H](Cc1ccccc1)C(=O)Nc1ccc([N+](=O)[O-])cc1Cl)c1cc(Cl)ccc1OC1CCNCC1. The van der Waals surface area contributed by atoms with E-state index in [1.807, 2.05) is 30.3 Å². The molecule has 38 heavy (non-hydrogen) atoms.